The second-order valence-corrected chi connectivity index (χ2v) is 7.16. The van der Waals surface area contributed by atoms with E-state index in [0.717, 1.165) is 11.3 Å². The summed E-state index contributed by atoms with van der Waals surface area (Å²) < 4.78 is 22.9. The highest BCUT2D eigenvalue weighted by Crippen LogP contribution is 2.24. The molecule has 18 heavy (non-hydrogen) atoms. The lowest BCUT2D eigenvalue weighted by atomic mass is 10.1. The van der Waals surface area contributed by atoms with Crippen molar-refractivity contribution in [3.05, 3.63) is 29.8 Å². The Kier molecular flexibility index (Phi) is 3.64. The van der Waals surface area contributed by atoms with Gasteiger partial charge >= 0.3 is 0 Å². The summed E-state index contributed by atoms with van der Waals surface area (Å²) in [6, 6.07) is 7.66. The van der Waals surface area contributed by atoms with E-state index in [-0.39, 0.29) is 17.5 Å². The maximum Gasteiger partial charge on any atom is 0.152 e. The van der Waals surface area contributed by atoms with Crippen LogP contribution in [0.5, 0.6) is 0 Å². The van der Waals surface area contributed by atoms with Gasteiger partial charge in [-0.3, -0.25) is 0 Å². The van der Waals surface area contributed by atoms with Crippen LogP contribution in [0.15, 0.2) is 24.3 Å². The molecule has 4 nitrogen and oxygen atoms in total. The molecule has 1 aliphatic rings. The Bertz CT molecular complexity index is 508. The van der Waals surface area contributed by atoms with Crippen LogP contribution in [-0.4, -0.2) is 38.1 Å². The fraction of sp³-hybridized carbons (Fsp3) is 0.538. The van der Waals surface area contributed by atoms with Crippen LogP contribution in [0.2, 0.25) is 0 Å². The molecule has 1 unspecified atom stereocenters. The first-order valence-electron chi connectivity index (χ1n) is 6.10. The minimum atomic E-state index is -2.85. The molecular weight excluding hydrogens is 250 g/mol. The predicted molar refractivity (Wildman–Crippen MR) is 72.5 cm³/mol. The zero-order valence-electron chi connectivity index (χ0n) is 10.7. The van der Waals surface area contributed by atoms with Gasteiger partial charge in [0, 0.05) is 18.8 Å². The molecule has 0 bridgehead atoms. The summed E-state index contributed by atoms with van der Waals surface area (Å²) in [5.74, 6) is 0.523. The van der Waals surface area contributed by atoms with Gasteiger partial charge in [0.1, 0.15) is 0 Å². The molecule has 100 valence electrons. The van der Waals surface area contributed by atoms with Gasteiger partial charge < -0.3 is 10.0 Å². The van der Waals surface area contributed by atoms with Gasteiger partial charge in [0.2, 0.25) is 0 Å². The van der Waals surface area contributed by atoms with Crippen LogP contribution in [0, 0.1) is 0 Å². The van der Waals surface area contributed by atoms with E-state index in [1.807, 2.05) is 36.2 Å². The van der Waals surface area contributed by atoms with Gasteiger partial charge in [-0.2, -0.15) is 0 Å². The Balaban J connectivity index is 2.12. The smallest absolute Gasteiger partial charge is 0.152 e. The molecule has 0 aromatic heterocycles. The number of sulfone groups is 1. The van der Waals surface area contributed by atoms with E-state index in [0.29, 0.717) is 6.42 Å². The lowest BCUT2D eigenvalue weighted by Crippen LogP contribution is -2.32. The fourth-order valence-electron chi connectivity index (χ4n) is 2.28. The summed E-state index contributed by atoms with van der Waals surface area (Å²) in [6.07, 6.45) is 0.216. The summed E-state index contributed by atoms with van der Waals surface area (Å²) in [6.45, 7) is 1.72. The largest absolute Gasteiger partial charge is 0.389 e. The predicted octanol–water partition coefficient (Wildman–Crippen LogP) is 1.36. The maximum atomic E-state index is 11.5. The molecular formula is C13H19NO3S. The van der Waals surface area contributed by atoms with Crippen molar-refractivity contribution < 1.29 is 13.5 Å². The van der Waals surface area contributed by atoms with E-state index >= 15 is 0 Å². The highest BCUT2D eigenvalue weighted by atomic mass is 32.2. The van der Waals surface area contributed by atoms with E-state index in [1.54, 1.807) is 6.92 Å². The van der Waals surface area contributed by atoms with Crippen LogP contribution in [0.25, 0.3) is 0 Å². The van der Waals surface area contributed by atoms with Crippen LogP contribution in [0.4, 0.5) is 5.69 Å². The summed E-state index contributed by atoms with van der Waals surface area (Å²) in [4.78, 5) is 2.01. The summed E-state index contributed by atoms with van der Waals surface area (Å²) in [5.41, 5.74) is 1.85. The number of rotatable bonds is 3. The highest BCUT2D eigenvalue weighted by Gasteiger charge is 2.30. The molecule has 1 aliphatic heterocycles. The number of hydrogen-bond donors (Lipinski definition) is 1. The SMILES string of the molecule is C[C@@H](O)c1ccc(N(C)C2CCS(=O)(=O)C2)cc1. The van der Waals surface area contributed by atoms with Crippen molar-refractivity contribution in [1.82, 2.24) is 0 Å². The lowest BCUT2D eigenvalue weighted by Gasteiger charge is -2.25. The van der Waals surface area contributed by atoms with E-state index in [9.17, 15) is 13.5 Å². The maximum absolute atomic E-state index is 11.5. The summed E-state index contributed by atoms with van der Waals surface area (Å²) >= 11 is 0. The topological polar surface area (TPSA) is 57.6 Å². The van der Waals surface area contributed by atoms with Crippen LogP contribution < -0.4 is 4.90 Å². The Morgan fingerprint density at radius 1 is 1.33 bits per heavy atom. The van der Waals surface area contributed by atoms with Gasteiger partial charge in [0.05, 0.1) is 17.6 Å². The number of benzene rings is 1. The van der Waals surface area contributed by atoms with Gasteiger partial charge in [-0.1, -0.05) is 12.1 Å². The molecule has 5 heteroatoms. The average Bonchev–Trinajstić information content (AvgIpc) is 2.69. The standard InChI is InChI=1S/C13H19NO3S/c1-10(15)11-3-5-12(6-4-11)14(2)13-7-8-18(16,17)9-13/h3-6,10,13,15H,7-9H2,1-2H3/t10-,13?/m1/s1. The zero-order valence-corrected chi connectivity index (χ0v) is 11.5. The van der Waals surface area contributed by atoms with E-state index in [2.05, 4.69) is 0 Å². The second-order valence-electron chi connectivity index (χ2n) is 4.94. The zero-order chi connectivity index (χ0) is 13.3. The summed E-state index contributed by atoms with van der Waals surface area (Å²) in [5, 5.41) is 9.44. The Morgan fingerprint density at radius 2 is 1.94 bits per heavy atom. The number of anilines is 1. The first kappa shape index (κ1) is 13.4. The number of nitrogens with zero attached hydrogens (tertiary/aromatic N) is 1. The average molecular weight is 269 g/mol. The van der Waals surface area contributed by atoms with Crippen LogP contribution in [-0.2, 0) is 9.84 Å². The first-order valence-corrected chi connectivity index (χ1v) is 7.92. The van der Waals surface area contributed by atoms with E-state index in [4.69, 9.17) is 0 Å². The van der Waals surface area contributed by atoms with Gasteiger partial charge in [-0.15, -0.1) is 0 Å². The van der Waals surface area contributed by atoms with Gasteiger partial charge in [-0.25, -0.2) is 8.42 Å². The summed E-state index contributed by atoms with van der Waals surface area (Å²) in [7, 11) is -0.932. The molecule has 0 aliphatic carbocycles. The molecule has 0 saturated carbocycles. The molecule has 2 atom stereocenters. The van der Waals surface area contributed by atoms with Crippen LogP contribution in [0.1, 0.15) is 25.0 Å². The molecule has 1 heterocycles. The molecule has 1 aromatic rings. The third-order valence-electron chi connectivity index (χ3n) is 3.54. The molecule has 1 fully saturated rings. The second kappa shape index (κ2) is 4.90. The monoisotopic (exact) mass is 269 g/mol. The molecule has 0 radical (unpaired) electrons. The third kappa shape index (κ3) is 2.84. The minimum Gasteiger partial charge on any atom is -0.389 e. The molecule has 1 saturated heterocycles. The van der Waals surface area contributed by atoms with Crippen molar-refractivity contribution in [3.8, 4) is 0 Å². The molecule has 0 amide bonds. The van der Waals surface area contributed by atoms with E-state index < -0.39 is 15.9 Å². The van der Waals surface area contributed by atoms with E-state index in [1.165, 1.54) is 0 Å². The van der Waals surface area contributed by atoms with Crippen molar-refractivity contribution in [2.75, 3.05) is 23.5 Å². The highest BCUT2D eigenvalue weighted by molar-refractivity contribution is 7.91. The number of aliphatic hydroxyl groups excluding tert-OH is 1. The quantitative estimate of drug-likeness (QED) is 0.900. The normalized spacial score (nSPS) is 23.8. The Morgan fingerprint density at radius 3 is 2.39 bits per heavy atom. The molecule has 2 rings (SSSR count). The van der Waals surface area contributed by atoms with Crippen molar-refractivity contribution in [2.24, 2.45) is 0 Å². The molecule has 0 spiro atoms. The Labute approximate surface area is 108 Å². The van der Waals surface area contributed by atoms with Gasteiger partial charge in [0.15, 0.2) is 9.84 Å². The number of aliphatic hydroxyl groups is 1. The fourth-order valence-corrected chi connectivity index (χ4v) is 4.05. The van der Waals surface area contributed by atoms with Gasteiger partial charge in [0.25, 0.3) is 0 Å². The molecule has 1 N–H and O–H groups in total. The number of hydrogen-bond acceptors (Lipinski definition) is 4. The Hall–Kier alpha value is -1.07. The van der Waals surface area contributed by atoms with Crippen molar-refractivity contribution >= 4 is 15.5 Å². The first-order chi connectivity index (χ1) is 8.39. The van der Waals surface area contributed by atoms with Gasteiger partial charge in [-0.05, 0) is 31.0 Å². The van der Waals surface area contributed by atoms with Crippen LogP contribution >= 0.6 is 0 Å². The van der Waals surface area contributed by atoms with Crippen LogP contribution in [0.3, 0.4) is 0 Å². The molecule has 1 aromatic carbocycles. The minimum absolute atomic E-state index is 0.0624. The van der Waals surface area contributed by atoms with Crippen molar-refractivity contribution in [1.29, 1.82) is 0 Å². The third-order valence-corrected chi connectivity index (χ3v) is 5.29. The lowest BCUT2D eigenvalue weighted by molar-refractivity contribution is 0.199. The van der Waals surface area contributed by atoms with Crippen molar-refractivity contribution in [2.45, 2.75) is 25.5 Å². The van der Waals surface area contributed by atoms with Crippen molar-refractivity contribution in [3.63, 3.8) is 0 Å².